The van der Waals surface area contributed by atoms with Gasteiger partial charge in [0.15, 0.2) is 6.61 Å². The molecule has 2 fully saturated rings. The Morgan fingerprint density at radius 1 is 1.10 bits per heavy atom. The molecule has 1 aliphatic carbocycles. The second-order valence-corrected chi connectivity index (χ2v) is 10.6. The summed E-state index contributed by atoms with van der Waals surface area (Å²) in [6.45, 7) is 8.27. The van der Waals surface area contributed by atoms with Gasteiger partial charge in [0, 0.05) is 18.2 Å². The van der Waals surface area contributed by atoms with Crippen molar-refractivity contribution in [2.75, 3.05) is 18.1 Å². The number of hydrogen-bond donors (Lipinski definition) is 0. The number of carbonyl (C=O) groups excluding carboxylic acids is 2. The van der Waals surface area contributed by atoms with Crippen LogP contribution in [0.2, 0.25) is 0 Å². The first kappa shape index (κ1) is 20.1. The summed E-state index contributed by atoms with van der Waals surface area (Å²) >= 11 is 0. The van der Waals surface area contributed by atoms with Crippen LogP contribution in [0.25, 0.3) is 0 Å². The van der Waals surface area contributed by atoms with Crippen molar-refractivity contribution in [3.63, 3.8) is 0 Å². The van der Waals surface area contributed by atoms with Gasteiger partial charge in [-0.15, -0.1) is 0 Å². The summed E-state index contributed by atoms with van der Waals surface area (Å²) < 4.78 is 5.55. The van der Waals surface area contributed by atoms with E-state index in [9.17, 15) is 9.59 Å². The van der Waals surface area contributed by atoms with E-state index in [0.717, 1.165) is 36.4 Å². The van der Waals surface area contributed by atoms with Gasteiger partial charge in [0.2, 0.25) is 0 Å². The van der Waals surface area contributed by atoms with Crippen molar-refractivity contribution in [2.24, 2.45) is 10.8 Å². The third kappa shape index (κ3) is 3.71. The largest absolute Gasteiger partial charge is 0.482 e. The number of anilines is 1. The lowest BCUT2D eigenvalue weighted by molar-refractivity contribution is -0.121. The molecule has 31 heavy (non-hydrogen) atoms. The van der Waals surface area contributed by atoms with E-state index in [2.05, 4.69) is 25.7 Å². The molecular weight excluding hydrogens is 388 g/mol. The average Bonchev–Trinajstić information content (AvgIpc) is 2.98. The zero-order valence-corrected chi connectivity index (χ0v) is 18.6. The molecule has 2 atom stereocenters. The number of amides is 2. The van der Waals surface area contributed by atoms with Gasteiger partial charge >= 0.3 is 0 Å². The molecule has 0 aromatic heterocycles. The maximum atomic E-state index is 13.5. The third-order valence-electron chi connectivity index (χ3n) is 7.00. The fourth-order valence-electron chi connectivity index (χ4n) is 6.18. The van der Waals surface area contributed by atoms with Crippen LogP contribution < -0.4 is 9.64 Å². The van der Waals surface area contributed by atoms with Gasteiger partial charge in [-0.25, -0.2) is 0 Å². The van der Waals surface area contributed by atoms with Gasteiger partial charge in [0.05, 0.1) is 12.2 Å². The standard InChI is InChI=1S/C26H30N2O3/c1-25(2)12-20-13-26(3,16-25)17-28(20)24(30)19-8-6-7-18(11-19)14-27-21-9-4-5-10-22(21)31-15-23(27)29/h4-11,20H,12-17H2,1-3H3. The first-order valence-corrected chi connectivity index (χ1v) is 11.2. The Balaban J connectivity index is 1.38. The number of para-hydroxylation sites is 2. The van der Waals surface area contributed by atoms with Crippen molar-refractivity contribution in [3.05, 3.63) is 59.7 Å². The molecule has 162 valence electrons. The zero-order valence-electron chi connectivity index (χ0n) is 18.6. The minimum atomic E-state index is -0.0704. The number of fused-ring (bicyclic) bond motifs is 3. The average molecular weight is 419 g/mol. The minimum Gasteiger partial charge on any atom is -0.482 e. The quantitative estimate of drug-likeness (QED) is 0.729. The summed E-state index contributed by atoms with van der Waals surface area (Å²) in [6.07, 6.45) is 3.33. The van der Waals surface area contributed by atoms with Gasteiger partial charge in [-0.1, -0.05) is 45.0 Å². The summed E-state index contributed by atoms with van der Waals surface area (Å²) in [4.78, 5) is 29.9. The maximum Gasteiger partial charge on any atom is 0.265 e. The van der Waals surface area contributed by atoms with Crippen molar-refractivity contribution in [1.82, 2.24) is 4.90 Å². The molecule has 2 amide bonds. The second kappa shape index (κ2) is 7.11. The minimum absolute atomic E-state index is 0.0411. The normalized spacial score (nSPS) is 26.4. The molecule has 0 radical (unpaired) electrons. The van der Waals surface area contributed by atoms with Crippen molar-refractivity contribution in [2.45, 2.75) is 52.6 Å². The number of rotatable bonds is 3. The van der Waals surface area contributed by atoms with Crippen LogP contribution in [0.3, 0.4) is 0 Å². The molecule has 2 aliphatic heterocycles. The monoisotopic (exact) mass is 418 g/mol. The van der Waals surface area contributed by atoms with Crippen LogP contribution in [-0.4, -0.2) is 35.9 Å². The Bertz CT molecular complexity index is 1050. The molecular formula is C26H30N2O3. The Labute approximate surface area is 184 Å². The fourth-order valence-corrected chi connectivity index (χ4v) is 6.18. The van der Waals surface area contributed by atoms with E-state index in [1.54, 1.807) is 4.90 Å². The highest BCUT2D eigenvalue weighted by atomic mass is 16.5. The van der Waals surface area contributed by atoms with Crippen LogP contribution in [-0.2, 0) is 11.3 Å². The van der Waals surface area contributed by atoms with Crippen LogP contribution in [0.5, 0.6) is 5.75 Å². The lowest BCUT2D eigenvalue weighted by Crippen LogP contribution is -2.38. The topological polar surface area (TPSA) is 49.9 Å². The van der Waals surface area contributed by atoms with Crippen LogP contribution in [0.4, 0.5) is 5.69 Å². The summed E-state index contributed by atoms with van der Waals surface area (Å²) in [5.74, 6) is 0.760. The molecule has 2 bridgehead atoms. The third-order valence-corrected chi connectivity index (χ3v) is 7.00. The smallest absolute Gasteiger partial charge is 0.265 e. The molecule has 1 saturated heterocycles. The van der Waals surface area contributed by atoms with E-state index in [-0.39, 0.29) is 29.3 Å². The number of carbonyl (C=O) groups is 2. The van der Waals surface area contributed by atoms with Gasteiger partial charge in [0.25, 0.3) is 11.8 Å². The van der Waals surface area contributed by atoms with Crippen molar-refractivity contribution >= 4 is 17.5 Å². The number of likely N-dealkylation sites (tertiary alicyclic amines) is 1. The predicted molar refractivity (Wildman–Crippen MR) is 120 cm³/mol. The molecule has 0 spiro atoms. The predicted octanol–water partition coefficient (Wildman–Crippen LogP) is 4.65. The summed E-state index contributed by atoms with van der Waals surface area (Å²) in [7, 11) is 0. The summed E-state index contributed by atoms with van der Waals surface area (Å²) in [6, 6.07) is 15.7. The second-order valence-electron chi connectivity index (χ2n) is 10.6. The lowest BCUT2D eigenvalue weighted by atomic mass is 9.65. The Morgan fingerprint density at radius 2 is 1.90 bits per heavy atom. The van der Waals surface area contributed by atoms with E-state index in [1.165, 1.54) is 6.42 Å². The number of ether oxygens (including phenoxy) is 1. The molecule has 2 aromatic carbocycles. The van der Waals surface area contributed by atoms with Gasteiger partial charge in [-0.05, 0) is 59.9 Å². The first-order chi connectivity index (χ1) is 14.7. The van der Waals surface area contributed by atoms with Gasteiger partial charge < -0.3 is 14.5 Å². The molecule has 2 aromatic rings. The SMILES string of the molecule is CC1(C)CC2CC(C)(CN2C(=O)c2cccc(CN3C(=O)COc4ccccc43)c2)C1. The molecule has 5 heteroatoms. The number of nitrogens with zero attached hydrogens (tertiary/aromatic N) is 2. The molecule has 0 N–H and O–H groups in total. The molecule has 5 rings (SSSR count). The van der Waals surface area contributed by atoms with Crippen LogP contribution >= 0.6 is 0 Å². The van der Waals surface area contributed by atoms with E-state index in [1.807, 2.05) is 48.5 Å². The van der Waals surface area contributed by atoms with E-state index in [0.29, 0.717) is 18.2 Å². The zero-order chi connectivity index (χ0) is 21.8. The molecule has 2 heterocycles. The van der Waals surface area contributed by atoms with Crippen LogP contribution in [0, 0.1) is 10.8 Å². The van der Waals surface area contributed by atoms with Crippen molar-refractivity contribution < 1.29 is 14.3 Å². The first-order valence-electron chi connectivity index (χ1n) is 11.2. The van der Waals surface area contributed by atoms with E-state index >= 15 is 0 Å². The molecule has 5 nitrogen and oxygen atoms in total. The molecule has 1 saturated carbocycles. The van der Waals surface area contributed by atoms with E-state index in [4.69, 9.17) is 4.74 Å². The summed E-state index contributed by atoms with van der Waals surface area (Å²) in [5, 5.41) is 0. The van der Waals surface area contributed by atoms with Crippen molar-refractivity contribution in [3.8, 4) is 5.75 Å². The maximum absolute atomic E-state index is 13.5. The van der Waals surface area contributed by atoms with Crippen LogP contribution in [0.1, 0.15) is 56.0 Å². The van der Waals surface area contributed by atoms with E-state index < -0.39 is 0 Å². The fraction of sp³-hybridized carbons (Fsp3) is 0.462. The van der Waals surface area contributed by atoms with Gasteiger partial charge in [0.1, 0.15) is 5.75 Å². The highest BCUT2D eigenvalue weighted by Gasteiger charge is 2.51. The number of benzene rings is 2. The lowest BCUT2D eigenvalue weighted by Gasteiger charge is -2.39. The van der Waals surface area contributed by atoms with Crippen molar-refractivity contribution in [1.29, 1.82) is 0 Å². The Hall–Kier alpha value is -2.82. The highest BCUT2D eigenvalue weighted by molar-refractivity contribution is 5.98. The highest BCUT2D eigenvalue weighted by Crippen LogP contribution is 2.52. The van der Waals surface area contributed by atoms with Crippen LogP contribution in [0.15, 0.2) is 48.5 Å². The molecule has 2 unspecified atom stereocenters. The molecule has 3 aliphatic rings. The summed E-state index contributed by atoms with van der Waals surface area (Å²) in [5.41, 5.74) is 2.92. The Kier molecular flexibility index (Phi) is 4.61. The van der Waals surface area contributed by atoms with Gasteiger partial charge in [-0.3, -0.25) is 9.59 Å². The van der Waals surface area contributed by atoms with Gasteiger partial charge in [-0.2, -0.15) is 0 Å². The Morgan fingerprint density at radius 3 is 2.74 bits per heavy atom. The number of hydrogen-bond acceptors (Lipinski definition) is 3.